The van der Waals surface area contributed by atoms with Crippen LogP contribution in [-0.2, 0) is 6.54 Å². The fourth-order valence-electron chi connectivity index (χ4n) is 2.52. The minimum Gasteiger partial charge on any atom is -0.366 e. The van der Waals surface area contributed by atoms with E-state index in [0.29, 0.717) is 5.92 Å². The average Bonchev–Trinajstić information content (AvgIpc) is 2.87. The highest BCUT2D eigenvalue weighted by Crippen LogP contribution is 2.28. The van der Waals surface area contributed by atoms with Gasteiger partial charge in [0.1, 0.15) is 5.82 Å². The predicted octanol–water partition coefficient (Wildman–Crippen LogP) is 3.93. The van der Waals surface area contributed by atoms with Gasteiger partial charge in [-0.05, 0) is 46.5 Å². The van der Waals surface area contributed by atoms with Crippen LogP contribution in [0.1, 0.15) is 36.6 Å². The summed E-state index contributed by atoms with van der Waals surface area (Å²) < 4.78 is 2.76. The van der Waals surface area contributed by atoms with E-state index in [0.717, 1.165) is 33.7 Å². The van der Waals surface area contributed by atoms with Gasteiger partial charge in [0.2, 0.25) is 0 Å². The number of aromatic nitrogens is 4. The van der Waals surface area contributed by atoms with E-state index in [1.165, 1.54) is 5.56 Å². The molecule has 0 atom stereocenters. The van der Waals surface area contributed by atoms with E-state index in [4.69, 9.17) is 4.98 Å². The lowest BCUT2D eigenvalue weighted by Gasteiger charge is -2.16. The van der Waals surface area contributed by atoms with Crippen LogP contribution in [0.4, 0.5) is 5.82 Å². The number of anilines is 1. The Hall–Kier alpha value is -1.95. The highest BCUT2D eigenvalue weighted by molar-refractivity contribution is 9.10. The summed E-state index contributed by atoms with van der Waals surface area (Å²) in [5, 5.41) is 7.92. The van der Waals surface area contributed by atoms with Gasteiger partial charge in [0.05, 0.1) is 16.4 Å². The number of pyridine rings is 1. The molecule has 0 saturated carbocycles. The third-order valence-corrected chi connectivity index (χ3v) is 4.19. The first kappa shape index (κ1) is 15.0. The molecule has 22 heavy (non-hydrogen) atoms. The third-order valence-electron chi connectivity index (χ3n) is 3.63. The first-order chi connectivity index (χ1) is 10.6. The zero-order valence-electron chi connectivity index (χ0n) is 12.8. The summed E-state index contributed by atoms with van der Waals surface area (Å²) in [5.74, 6) is 1.34. The molecule has 5 nitrogen and oxygen atoms in total. The predicted molar refractivity (Wildman–Crippen MR) is 91.1 cm³/mol. The summed E-state index contributed by atoms with van der Waals surface area (Å²) >= 11 is 3.52. The van der Waals surface area contributed by atoms with Gasteiger partial charge in [-0.1, -0.05) is 13.8 Å². The van der Waals surface area contributed by atoms with E-state index in [1.807, 2.05) is 16.6 Å². The standard InChI is InChI=1S/C16H18BrN5/c1-10(2)14-11(3)15(19-8-12-4-6-18-7-5-12)22-16(21-14)13(17)9-20-22/h4-7,9-10,19H,8H2,1-3H3. The smallest absolute Gasteiger partial charge is 0.171 e. The summed E-state index contributed by atoms with van der Waals surface area (Å²) in [6.07, 6.45) is 5.38. The maximum Gasteiger partial charge on any atom is 0.171 e. The molecule has 0 aromatic carbocycles. The Morgan fingerprint density at radius 1 is 1.27 bits per heavy atom. The summed E-state index contributed by atoms with van der Waals surface area (Å²) in [6, 6.07) is 4.01. The third kappa shape index (κ3) is 2.70. The largest absolute Gasteiger partial charge is 0.366 e. The van der Waals surface area contributed by atoms with Crippen molar-refractivity contribution in [1.82, 2.24) is 19.6 Å². The molecule has 0 fully saturated rings. The lowest BCUT2D eigenvalue weighted by molar-refractivity contribution is 0.794. The lowest BCUT2D eigenvalue weighted by atomic mass is 10.1. The van der Waals surface area contributed by atoms with Gasteiger partial charge in [-0.3, -0.25) is 4.98 Å². The maximum absolute atomic E-state index is 4.75. The Morgan fingerprint density at radius 2 is 2.00 bits per heavy atom. The molecule has 6 heteroatoms. The van der Waals surface area contributed by atoms with Crippen LogP contribution in [0.3, 0.4) is 0 Å². The SMILES string of the molecule is Cc1c(C(C)C)nc2c(Br)cnn2c1NCc1ccncc1. The van der Waals surface area contributed by atoms with E-state index in [1.54, 1.807) is 18.6 Å². The van der Waals surface area contributed by atoms with Crippen molar-refractivity contribution in [2.24, 2.45) is 0 Å². The number of halogens is 1. The van der Waals surface area contributed by atoms with Gasteiger partial charge in [-0.15, -0.1) is 0 Å². The molecule has 1 N–H and O–H groups in total. The second-order valence-electron chi connectivity index (χ2n) is 5.56. The van der Waals surface area contributed by atoms with Crippen LogP contribution >= 0.6 is 15.9 Å². The fourth-order valence-corrected chi connectivity index (χ4v) is 2.87. The number of hydrogen-bond donors (Lipinski definition) is 1. The van der Waals surface area contributed by atoms with E-state index in [2.05, 4.69) is 52.1 Å². The van der Waals surface area contributed by atoms with Gasteiger partial charge >= 0.3 is 0 Å². The minimum atomic E-state index is 0.355. The van der Waals surface area contributed by atoms with Crippen LogP contribution in [0.2, 0.25) is 0 Å². The fraction of sp³-hybridized carbons (Fsp3) is 0.312. The number of nitrogens with one attached hydrogen (secondary N) is 1. The average molecular weight is 360 g/mol. The van der Waals surface area contributed by atoms with Crippen LogP contribution in [0.5, 0.6) is 0 Å². The zero-order chi connectivity index (χ0) is 15.7. The topological polar surface area (TPSA) is 55.1 Å². The molecule has 0 bridgehead atoms. The molecule has 114 valence electrons. The molecule has 3 aromatic rings. The first-order valence-corrected chi connectivity index (χ1v) is 8.03. The monoisotopic (exact) mass is 359 g/mol. The van der Waals surface area contributed by atoms with Gasteiger partial charge in [0.25, 0.3) is 0 Å². The van der Waals surface area contributed by atoms with Crippen molar-refractivity contribution in [2.45, 2.75) is 33.2 Å². The van der Waals surface area contributed by atoms with Gasteiger partial charge in [-0.25, -0.2) is 4.98 Å². The van der Waals surface area contributed by atoms with Gasteiger partial charge < -0.3 is 5.32 Å². The summed E-state index contributed by atoms with van der Waals surface area (Å²) in [7, 11) is 0. The molecule has 0 aliphatic carbocycles. The molecule has 3 aromatic heterocycles. The van der Waals surface area contributed by atoms with Crippen molar-refractivity contribution >= 4 is 27.4 Å². The van der Waals surface area contributed by atoms with Gasteiger partial charge in [0.15, 0.2) is 5.65 Å². The van der Waals surface area contributed by atoms with Crippen LogP contribution in [-0.4, -0.2) is 19.6 Å². The maximum atomic E-state index is 4.75. The molecule has 0 amide bonds. The highest BCUT2D eigenvalue weighted by atomic mass is 79.9. The lowest BCUT2D eigenvalue weighted by Crippen LogP contribution is -2.11. The quantitative estimate of drug-likeness (QED) is 0.766. The van der Waals surface area contributed by atoms with E-state index >= 15 is 0 Å². The zero-order valence-corrected chi connectivity index (χ0v) is 14.4. The summed E-state index contributed by atoms with van der Waals surface area (Å²) in [4.78, 5) is 8.80. The second-order valence-corrected chi connectivity index (χ2v) is 6.42. The second kappa shape index (κ2) is 6.04. The number of nitrogens with zero attached hydrogens (tertiary/aromatic N) is 4. The molecule has 0 spiro atoms. The Balaban J connectivity index is 2.05. The van der Waals surface area contributed by atoms with Crippen molar-refractivity contribution in [3.63, 3.8) is 0 Å². The molecule has 0 aliphatic rings. The molecule has 3 heterocycles. The number of rotatable bonds is 4. The summed E-state index contributed by atoms with van der Waals surface area (Å²) in [5.41, 5.74) is 4.24. The molecule has 0 aliphatic heterocycles. The highest BCUT2D eigenvalue weighted by Gasteiger charge is 2.16. The Labute approximate surface area is 137 Å². The number of hydrogen-bond acceptors (Lipinski definition) is 4. The van der Waals surface area contributed by atoms with Gasteiger partial charge in [0, 0.05) is 24.5 Å². The van der Waals surface area contributed by atoms with Crippen LogP contribution in [0, 0.1) is 6.92 Å². The Morgan fingerprint density at radius 3 is 2.68 bits per heavy atom. The molecular weight excluding hydrogens is 342 g/mol. The molecule has 0 unspecified atom stereocenters. The summed E-state index contributed by atoms with van der Waals surface area (Å²) in [6.45, 7) is 7.12. The van der Waals surface area contributed by atoms with Crippen molar-refractivity contribution in [3.05, 3.63) is 52.0 Å². The molecular formula is C16H18BrN5. The first-order valence-electron chi connectivity index (χ1n) is 7.24. The van der Waals surface area contributed by atoms with Crippen LogP contribution in [0.25, 0.3) is 5.65 Å². The van der Waals surface area contributed by atoms with Crippen molar-refractivity contribution in [2.75, 3.05) is 5.32 Å². The van der Waals surface area contributed by atoms with Crippen molar-refractivity contribution < 1.29 is 0 Å². The van der Waals surface area contributed by atoms with Crippen LogP contribution in [0.15, 0.2) is 35.2 Å². The minimum absolute atomic E-state index is 0.355. The Bertz CT molecular complexity index is 795. The van der Waals surface area contributed by atoms with Crippen LogP contribution < -0.4 is 5.32 Å². The molecule has 0 radical (unpaired) electrons. The van der Waals surface area contributed by atoms with Crippen molar-refractivity contribution in [1.29, 1.82) is 0 Å². The molecule has 0 saturated heterocycles. The molecule has 3 rings (SSSR count). The normalized spacial score (nSPS) is 11.3. The van der Waals surface area contributed by atoms with E-state index in [-0.39, 0.29) is 0 Å². The van der Waals surface area contributed by atoms with Gasteiger partial charge in [-0.2, -0.15) is 9.61 Å². The Kier molecular flexibility index (Phi) is 4.11. The number of fused-ring (bicyclic) bond motifs is 1. The van der Waals surface area contributed by atoms with Crippen molar-refractivity contribution in [3.8, 4) is 0 Å². The van der Waals surface area contributed by atoms with E-state index < -0.39 is 0 Å². The van der Waals surface area contributed by atoms with E-state index in [9.17, 15) is 0 Å².